The number of benzene rings is 3. The minimum atomic E-state index is -5.03. The van der Waals surface area contributed by atoms with Gasteiger partial charge in [-0.05, 0) is 98.4 Å². The zero-order chi connectivity index (χ0) is 102. The summed E-state index contributed by atoms with van der Waals surface area (Å²) >= 11 is 0.652. The number of phenolic OH excluding ortho intramolecular Hbond substituents is 1. The summed E-state index contributed by atoms with van der Waals surface area (Å²) in [4.78, 5) is 281. The average molecular weight is 1960 g/mol. The molecule has 0 saturated carbocycles. The highest BCUT2D eigenvalue weighted by molar-refractivity contribution is 8.00. The van der Waals surface area contributed by atoms with Crippen LogP contribution in [0.5, 0.6) is 5.75 Å². The Balaban J connectivity index is 1.12. The monoisotopic (exact) mass is 1960 g/mol. The summed E-state index contributed by atoms with van der Waals surface area (Å²) in [6.07, 6.45) is -6.25. The number of carbonyl (C=O) groups excluding carboxylic acids is 17. The molecule has 6 heterocycles. The number of aromatic nitrogens is 4. The van der Waals surface area contributed by atoms with Crippen LogP contribution in [0.3, 0.4) is 0 Å². The summed E-state index contributed by atoms with van der Waals surface area (Å²) in [5.74, 6) is -21.5. The number of carboxylic acid groups (broad SMARTS) is 1. The van der Waals surface area contributed by atoms with E-state index in [0.29, 0.717) is 75.3 Å². The zero-order valence-electron chi connectivity index (χ0n) is 78.1. The van der Waals surface area contributed by atoms with Crippen molar-refractivity contribution in [2.75, 3.05) is 64.9 Å². The van der Waals surface area contributed by atoms with E-state index in [9.17, 15) is 71.6 Å². The zero-order valence-corrected chi connectivity index (χ0v) is 79.0. The molecule has 6 aromatic rings. The standard InChI is InChI=1S/C92H125F3N22O21S/c1-7-9-20-70-84(131)108-63(34-50(3)4)81(128)112-69(79(126)102-44-75(98)121)47-139-48-77(123)105-66(35-51-23-25-55(118)26-24-51)88(135)115(33-30-92(93,94)95)46-76(122)104-68(40-74(97)120)90(137)116-32-15-22-71(116)85(132)110-65(38-54-43-99-49-103-54)83(130)107-62(27-28-78(124)125)89(136)117-45-56(119)39-73(117)86(133)109-64(36-52-41-100-59-18-13-11-16-57(52)59)82(129)106-61(29-31-96)80(127)111-67(37-53-42-101-60-19-14-12-17-58(53)60)87(134)114(6)72(21-10-8-2)91(138)113(70)5/h11-14,16-19,23-26,41-43,49-50,56,61-73,100-101,118-119H,7-10,15,20-22,27-40,44-48,96H2,1-6H3,(H2,97,120)(H2,98,121)(H,99,103)(H,102,126)(H,104,122)(H,105,123)(H,106,129)(H,107,130)(H,108,131)(H,109,133)(H,110,132)(H,111,127)(H,112,128)(H,124,125)/t56-,61+,62+,63+,64+,65+,66+,67+,68+,69+,70+,71+,72+,73+/m1/s1. The number of carboxylic acids is 1. The van der Waals surface area contributed by atoms with Crippen LogP contribution in [0.25, 0.3) is 21.8 Å². The van der Waals surface area contributed by atoms with Gasteiger partial charge in [0.05, 0.1) is 44.1 Å². The van der Waals surface area contributed by atoms with Crippen LogP contribution in [0.4, 0.5) is 13.2 Å². The van der Waals surface area contributed by atoms with E-state index in [-0.39, 0.29) is 87.4 Å². The van der Waals surface area contributed by atoms with Gasteiger partial charge in [0.15, 0.2) is 0 Å². The highest BCUT2D eigenvalue weighted by Crippen LogP contribution is 2.29. The van der Waals surface area contributed by atoms with Crippen molar-refractivity contribution in [1.82, 2.24) is 97.6 Å². The highest BCUT2D eigenvalue weighted by Gasteiger charge is 2.47. The summed E-state index contributed by atoms with van der Waals surface area (Å²) in [5, 5.41) is 58.7. The van der Waals surface area contributed by atoms with E-state index in [0.717, 1.165) is 19.6 Å². The van der Waals surface area contributed by atoms with E-state index < -0.39 is 280 Å². The lowest BCUT2D eigenvalue weighted by Gasteiger charge is -2.36. The van der Waals surface area contributed by atoms with Gasteiger partial charge in [0.1, 0.15) is 84.3 Å². The van der Waals surface area contributed by atoms with Gasteiger partial charge in [-0.15, -0.1) is 11.8 Å². The number of primary amides is 2. The molecule has 3 aliphatic heterocycles. The number of aliphatic hydroxyl groups excluding tert-OH is 1. The van der Waals surface area contributed by atoms with Crippen molar-refractivity contribution in [3.05, 3.63) is 120 Å². The highest BCUT2D eigenvalue weighted by atomic mass is 32.2. The number of aromatic hydroxyl groups is 1. The third-order valence-corrected chi connectivity index (χ3v) is 25.3. The predicted molar refractivity (Wildman–Crippen MR) is 499 cm³/mol. The van der Waals surface area contributed by atoms with Crippen LogP contribution < -0.4 is 70.4 Å². The first-order chi connectivity index (χ1) is 66.0. The number of carbonyl (C=O) groups is 18. The van der Waals surface area contributed by atoms with Crippen LogP contribution in [0.15, 0.2) is 97.7 Å². The lowest BCUT2D eigenvalue weighted by atomic mass is 9.99. The molecule has 3 aliphatic rings. The quantitative estimate of drug-likeness (QED) is 0.0279. The third-order valence-electron chi connectivity index (χ3n) is 24.3. The lowest BCUT2D eigenvalue weighted by Crippen LogP contribution is -2.61. The number of aliphatic hydroxyl groups is 1. The number of unbranched alkanes of at least 4 members (excludes halogenated alkanes) is 2. The van der Waals surface area contributed by atoms with E-state index in [1.165, 1.54) is 50.9 Å². The van der Waals surface area contributed by atoms with Gasteiger partial charge in [-0.2, -0.15) is 13.2 Å². The van der Waals surface area contributed by atoms with Crippen molar-refractivity contribution in [3.8, 4) is 5.75 Å². The largest absolute Gasteiger partial charge is 0.508 e. The van der Waals surface area contributed by atoms with Gasteiger partial charge in [-0.3, -0.25) is 86.3 Å². The maximum absolute atomic E-state index is 15.8. The van der Waals surface area contributed by atoms with Gasteiger partial charge < -0.3 is 125 Å². The van der Waals surface area contributed by atoms with E-state index in [1.807, 2.05) is 13.8 Å². The molecule has 0 radical (unpaired) electrons. The molecule has 0 aliphatic carbocycles. The number of thioether (sulfide) groups is 1. The Morgan fingerprint density at radius 3 is 1.71 bits per heavy atom. The van der Waals surface area contributed by atoms with Crippen molar-refractivity contribution in [2.24, 2.45) is 23.1 Å². The van der Waals surface area contributed by atoms with Crippen molar-refractivity contribution >= 4 is 140 Å². The summed E-state index contributed by atoms with van der Waals surface area (Å²) in [6, 6.07) is -2.69. The Hall–Kier alpha value is -13.7. The van der Waals surface area contributed by atoms with E-state index in [1.54, 1.807) is 74.8 Å². The van der Waals surface area contributed by atoms with Gasteiger partial charge in [-0.25, -0.2) is 4.98 Å². The fourth-order valence-corrected chi connectivity index (χ4v) is 17.9. The van der Waals surface area contributed by atoms with Crippen molar-refractivity contribution in [2.45, 2.75) is 241 Å². The number of nitrogens with one attached hydrogen (secondary N) is 13. The summed E-state index contributed by atoms with van der Waals surface area (Å²) in [6.45, 7) is 2.53. The van der Waals surface area contributed by atoms with Gasteiger partial charge in [0.25, 0.3) is 0 Å². The van der Waals surface area contributed by atoms with E-state index in [4.69, 9.17) is 17.2 Å². The number of phenols is 1. The molecule has 0 unspecified atom stereocenters. The first kappa shape index (κ1) is 109. The van der Waals surface area contributed by atoms with E-state index >= 15 is 43.2 Å². The number of para-hydroxylation sites is 2. The smallest absolute Gasteiger partial charge is 0.390 e. The second-order valence-electron chi connectivity index (χ2n) is 35.4. The van der Waals surface area contributed by atoms with Crippen LogP contribution in [-0.2, 0) is 112 Å². The van der Waals surface area contributed by atoms with Crippen molar-refractivity contribution in [1.29, 1.82) is 0 Å². The number of rotatable bonds is 28. The topological polar surface area (TPSA) is 643 Å². The summed E-state index contributed by atoms with van der Waals surface area (Å²) in [5.41, 5.74) is 19.9. The van der Waals surface area contributed by atoms with Crippen molar-refractivity contribution in [3.63, 3.8) is 0 Å². The molecule has 22 N–H and O–H groups in total. The molecule has 756 valence electrons. The molecule has 47 heteroatoms. The Morgan fingerprint density at radius 2 is 1.12 bits per heavy atom. The number of imidazole rings is 1. The van der Waals surface area contributed by atoms with Gasteiger partial charge >= 0.3 is 12.1 Å². The maximum atomic E-state index is 15.8. The molecule has 43 nitrogen and oxygen atoms in total. The fourth-order valence-electron chi connectivity index (χ4n) is 17.0. The number of hydrogen-bond acceptors (Lipinski definition) is 23. The normalized spacial score (nSPS) is 24.0. The Kier molecular flexibility index (Phi) is 40.4. The molecule has 3 fully saturated rings. The van der Waals surface area contributed by atoms with Gasteiger partial charge in [0.2, 0.25) is 100 Å². The number of aromatic amines is 3. The molecule has 3 aromatic carbocycles. The first-order valence-electron chi connectivity index (χ1n) is 46.1. The predicted octanol–water partition coefficient (Wildman–Crippen LogP) is -1.04. The van der Waals surface area contributed by atoms with Crippen LogP contribution in [-0.4, -0.2) is 322 Å². The van der Waals surface area contributed by atoms with Crippen LogP contribution >= 0.6 is 11.8 Å². The molecular formula is C92H125F3N22O21S. The molecule has 139 heavy (non-hydrogen) atoms. The van der Waals surface area contributed by atoms with Crippen LogP contribution in [0.1, 0.15) is 146 Å². The fraction of sp³-hybridized carbons (Fsp3) is 0.533. The number of fused-ring (bicyclic) bond motifs is 4. The minimum Gasteiger partial charge on any atom is -0.508 e. The van der Waals surface area contributed by atoms with Crippen molar-refractivity contribution < 1.29 is 115 Å². The molecule has 3 aromatic heterocycles. The summed E-state index contributed by atoms with van der Waals surface area (Å²) < 4.78 is 43.2. The molecule has 17 amide bonds. The Morgan fingerprint density at radius 1 is 0.576 bits per heavy atom. The molecule has 9 rings (SSSR count). The number of likely N-dealkylation sites (N-methyl/N-ethyl adjacent to an activating group) is 2. The molecular weight excluding hydrogens is 1840 g/mol. The second kappa shape index (κ2) is 51.6. The maximum Gasteiger partial charge on any atom is 0.390 e. The molecule has 3 saturated heterocycles. The number of H-pyrrole nitrogens is 3. The Bertz CT molecular complexity index is 5350. The van der Waals surface area contributed by atoms with Crippen LogP contribution in [0, 0.1) is 5.92 Å². The number of amides is 17. The SMILES string of the molecule is CCCC[C@H]1C(=O)N(C)[C@@H](CCCC)C(=O)N[C@@H](CC(C)C)C(=O)N[C@H](C(=O)NCC(N)=O)CSCC(=O)N[C@@H](Cc2ccc(O)cc2)C(=O)N(CCC(F)(F)F)CC(=O)N[C@@H](CC(N)=O)C(=O)N2CCC[C@H]2C(=O)N[C@@H](Cc2cnc[nH]2)C(=O)N[C@@H](CCC(=O)O)C(=O)N2C[C@H](O)C[C@H]2C(=O)N[C@@H](Cc2c[nH]c3ccccc23)C(=O)N[C@@H](CCN)C(=O)N[C@@H](Cc2c[nH]c3ccccc23)C(=O)N1C. The van der Waals surface area contributed by atoms with Crippen LogP contribution in [0.2, 0.25) is 0 Å². The molecule has 0 bridgehead atoms. The number of nitrogens with two attached hydrogens (primary N) is 3. The third kappa shape index (κ3) is 31.7. The number of halogens is 3. The number of aliphatic carboxylic acids is 1. The Labute approximate surface area is 802 Å². The summed E-state index contributed by atoms with van der Waals surface area (Å²) in [7, 11) is 2.69. The minimum absolute atomic E-state index is 0.0123. The lowest BCUT2D eigenvalue weighted by molar-refractivity contribution is -0.150. The van der Waals surface area contributed by atoms with E-state index in [2.05, 4.69) is 73.1 Å². The number of alkyl halides is 3. The average Bonchev–Trinajstić information content (AvgIpc) is 1.71. The van der Waals surface area contributed by atoms with Gasteiger partial charge in [0, 0.05) is 124 Å². The molecule has 14 atom stereocenters. The number of nitrogens with zero attached hydrogens (tertiary/aromatic N) is 6. The number of hydrogen-bond donors (Lipinski definition) is 19. The first-order valence-corrected chi connectivity index (χ1v) is 47.3. The molecule has 0 spiro atoms. The second-order valence-corrected chi connectivity index (χ2v) is 36.4. The van der Waals surface area contributed by atoms with Gasteiger partial charge in [-0.1, -0.05) is 102 Å².